The number of anilines is 2. The lowest BCUT2D eigenvalue weighted by Gasteiger charge is -2.08. The monoisotopic (exact) mass is 270 g/mol. The SMILES string of the molecule is Cc1ccc(NC(=O)c2cnc(NC(C)C)nc2)cc1. The maximum atomic E-state index is 12.0. The number of carbonyl (C=O) groups excluding carboxylic acids is 1. The van der Waals surface area contributed by atoms with Crippen LogP contribution in [-0.4, -0.2) is 21.9 Å². The van der Waals surface area contributed by atoms with E-state index >= 15 is 0 Å². The van der Waals surface area contributed by atoms with E-state index in [1.165, 1.54) is 12.4 Å². The molecule has 0 aliphatic heterocycles. The molecule has 1 amide bonds. The molecule has 104 valence electrons. The van der Waals surface area contributed by atoms with E-state index < -0.39 is 0 Å². The molecule has 2 N–H and O–H groups in total. The van der Waals surface area contributed by atoms with Gasteiger partial charge in [-0.05, 0) is 32.9 Å². The van der Waals surface area contributed by atoms with Crippen LogP contribution in [0.15, 0.2) is 36.7 Å². The average Bonchev–Trinajstić information content (AvgIpc) is 2.41. The minimum atomic E-state index is -0.218. The van der Waals surface area contributed by atoms with Crippen molar-refractivity contribution in [3.05, 3.63) is 47.8 Å². The van der Waals surface area contributed by atoms with Crippen LogP contribution in [0.2, 0.25) is 0 Å². The lowest BCUT2D eigenvalue weighted by atomic mass is 10.2. The van der Waals surface area contributed by atoms with Crippen molar-refractivity contribution in [3.63, 3.8) is 0 Å². The van der Waals surface area contributed by atoms with Crippen molar-refractivity contribution in [1.82, 2.24) is 9.97 Å². The molecule has 5 nitrogen and oxygen atoms in total. The van der Waals surface area contributed by atoms with Crippen LogP contribution in [-0.2, 0) is 0 Å². The minimum Gasteiger partial charge on any atom is -0.352 e. The molecule has 0 aliphatic carbocycles. The Bertz CT molecular complexity index is 576. The van der Waals surface area contributed by atoms with E-state index in [4.69, 9.17) is 0 Å². The molecule has 0 spiro atoms. The second-order valence-corrected chi connectivity index (χ2v) is 4.91. The van der Waals surface area contributed by atoms with Gasteiger partial charge in [-0.15, -0.1) is 0 Å². The largest absolute Gasteiger partial charge is 0.352 e. The van der Waals surface area contributed by atoms with Crippen LogP contribution < -0.4 is 10.6 Å². The molecule has 0 radical (unpaired) electrons. The number of hydrogen-bond acceptors (Lipinski definition) is 4. The van der Waals surface area contributed by atoms with Crippen LogP contribution >= 0.6 is 0 Å². The van der Waals surface area contributed by atoms with Crippen molar-refractivity contribution in [2.24, 2.45) is 0 Å². The standard InChI is InChI=1S/C15H18N4O/c1-10(2)18-15-16-8-12(9-17-15)14(20)19-13-6-4-11(3)5-7-13/h4-10H,1-3H3,(H,19,20)(H,16,17,18). The van der Waals surface area contributed by atoms with Crippen molar-refractivity contribution >= 4 is 17.5 Å². The summed E-state index contributed by atoms with van der Waals surface area (Å²) in [4.78, 5) is 20.2. The third-order valence-corrected chi connectivity index (χ3v) is 2.64. The second kappa shape index (κ2) is 6.14. The summed E-state index contributed by atoms with van der Waals surface area (Å²) in [5.74, 6) is 0.303. The first kappa shape index (κ1) is 14.0. The number of carbonyl (C=O) groups is 1. The first-order valence-electron chi connectivity index (χ1n) is 6.51. The topological polar surface area (TPSA) is 66.9 Å². The molecular formula is C15H18N4O. The third kappa shape index (κ3) is 3.78. The van der Waals surface area contributed by atoms with Gasteiger partial charge in [-0.25, -0.2) is 9.97 Å². The average molecular weight is 270 g/mol. The number of aromatic nitrogens is 2. The molecule has 2 aromatic rings. The number of hydrogen-bond donors (Lipinski definition) is 2. The smallest absolute Gasteiger partial charge is 0.258 e. The molecule has 0 saturated carbocycles. The highest BCUT2D eigenvalue weighted by Crippen LogP contribution is 2.10. The fraction of sp³-hybridized carbons (Fsp3) is 0.267. The van der Waals surface area contributed by atoms with Gasteiger partial charge in [-0.3, -0.25) is 4.79 Å². The molecule has 1 aromatic carbocycles. The van der Waals surface area contributed by atoms with Gasteiger partial charge in [0.05, 0.1) is 5.56 Å². The molecule has 0 unspecified atom stereocenters. The van der Waals surface area contributed by atoms with Crippen molar-refractivity contribution in [1.29, 1.82) is 0 Å². The minimum absolute atomic E-state index is 0.218. The molecule has 5 heteroatoms. The Morgan fingerprint density at radius 2 is 1.70 bits per heavy atom. The summed E-state index contributed by atoms with van der Waals surface area (Å²) >= 11 is 0. The van der Waals surface area contributed by atoms with E-state index in [2.05, 4.69) is 20.6 Å². The fourth-order valence-electron chi connectivity index (χ4n) is 1.62. The maximum Gasteiger partial charge on any atom is 0.258 e. The summed E-state index contributed by atoms with van der Waals surface area (Å²) in [7, 11) is 0. The zero-order valence-electron chi connectivity index (χ0n) is 11.8. The van der Waals surface area contributed by atoms with Gasteiger partial charge in [-0.2, -0.15) is 0 Å². The van der Waals surface area contributed by atoms with E-state index in [-0.39, 0.29) is 11.9 Å². The van der Waals surface area contributed by atoms with E-state index in [1.54, 1.807) is 0 Å². The predicted octanol–water partition coefficient (Wildman–Crippen LogP) is 2.86. The molecule has 2 rings (SSSR count). The van der Waals surface area contributed by atoms with E-state index in [1.807, 2.05) is 45.0 Å². The van der Waals surface area contributed by atoms with Gasteiger partial charge in [-0.1, -0.05) is 17.7 Å². The van der Waals surface area contributed by atoms with E-state index in [0.29, 0.717) is 11.5 Å². The zero-order chi connectivity index (χ0) is 14.5. The molecule has 1 heterocycles. The molecule has 0 atom stereocenters. The zero-order valence-corrected chi connectivity index (χ0v) is 11.8. The quantitative estimate of drug-likeness (QED) is 0.896. The van der Waals surface area contributed by atoms with Crippen LogP contribution in [0.1, 0.15) is 29.8 Å². The number of aryl methyl sites for hydroxylation is 1. The lowest BCUT2D eigenvalue weighted by molar-refractivity contribution is 0.102. The summed E-state index contributed by atoms with van der Waals surface area (Å²) in [6.45, 7) is 6.00. The Kier molecular flexibility index (Phi) is 4.30. The molecule has 0 saturated heterocycles. The normalized spacial score (nSPS) is 10.4. The van der Waals surface area contributed by atoms with Crippen LogP contribution in [0.4, 0.5) is 11.6 Å². The lowest BCUT2D eigenvalue weighted by Crippen LogP contribution is -2.15. The van der Waals surface area contributed by atoms with Gasteiger partial charge >= 0.3 is 0 Å². The number of nitrogens with one attached hydrogen (secondary N) is 2. The number of nitrogens with zero attached hydrogens (tertiary/aromatic N) is 2. The molecule has 0 fully saturated rings. The number of amides is 1. The number of rotatable bonds is 4. The predicted molar refractivity (Wildman–Crippen MR) is 79.9 cm³/mol. The third-order valence-electron chi connectivity index (χ3n) is 2.64. The first-order chi connectivity index (χ1) is 9.54. The molecule has 20 heavy (non-hydrogen) atoms. The molecule has 0 aliphatic rings. The Morgan fingerprint density at radius 3 is 2.25 bits per heavy atom. The van der Waals surface area contributed by atoms with Crippen molar-refractivity contribution in [2.45, 2.75) is 26.8 Å². The van der Waals surface area contributed by atoms with Crippen LogP contribution in [0.5, 0.6) is 0 Å². The molecule has 0 bridgehead atoms. The van der Waals surface area contributed by atoms with Crippen molar-refractivity contribution in [2.75, 3.05) is 10.6 Å². The second-order valence-electron chi connectivity index (χ2n) is 4.91. The van der Waals surface area contributed by atoms with Gasteiger partial charge in [0.15, 0.2) is 0 Å². The van der Waals surface area contributed by atoms with E-state index in [9.17, 15) is 4.79 Å². The van der Waals surface area contributed by atoms with Crippen molar-refractivity contribution < 1.29 is 4.79 Å². The highest BCUT2D eigenvalue weighted by molar-refractivity contribution is 6.03. The summed E-state index contributed by atoms with van der Waals surface area (Å²) in [6, 6.07) is 7.87. The summed E-state index contributed by atoms with van der Waals surface area (Å²) in [5, 5.41) is 5.88. The summed E-state index contributed by atoms with van der Waals surface area (Å²) < 4.78 is 0. The Labute approximate surface area is 118 Å². The highest BCUT2D eigenvalue weighted by Gasteiger charge is 2.08. The fourth-order valence-corrected chi connectivity index (χ4v) is 1.62. The van der Waals surface area contributed by atoms with Crippen LogP contribution in [0.3, 0.4) is 0 Å². The van der Waals surface area contributed by atoms with Crippen molar-refractivity contribution in [3.8, 4) is 0 Å². The highest BCUT2D eigenvalue weighted by atomic mass is 16.1. The number of benzene rings is 1. The van der Waals surface area contributed by atoms with E-state index in [0.717, 1.165) is 11.3 Å². The van der Waals surface area contributed by atoms with Gasteiger partial charge in [0, 0.05) is 24.1 Å². The molecule has 1 aromatic heterocycles. The maximum absolute atomic E-state index is 12.0. The summed E-state index contributed by atoms with van der Waals surface area (Å²) in [6.07, 6.45) is 3.03. The van der Waals surface area contributed by atoms with Crippen LogP contribution in [0.25, 0.3) is 0 Å². The Balaban J connectivity index is 2.03. The summed E-state index contributed by atoms with van der Waals surface area (Å²) in [5.41, 5.74) is 2.33. The van der Waals surface area contributed by atoms with Gasteiger partial charge < -0.3 is 10.6 Å². The van der Waals surface area contributed by atoms with Crippen LogP contribution in [0, 0.1) is 6.92 Å². The Morgan fingerprint density at radius 1 is 1.10 bits per heavy atom. The molecular weight excluding hydrogens is 252 g/mol. The van der Waals surface area contributed by atoms with Gasteiger partial charge in [0.1, 0.15) is 0 Å². The van der Waals surface area contributed by atoms with Gasteiger partial charge in [0.2, 0.25) is 5.95 Å². The first-order valence-corrected chi connectivity index (χ1v) is 6.51. The van der Waals surface area contributed by atoms with Gasteiger partial charge in [0.25, 0.3) is 5.91 Å². The Hall–Kier alpha value is -2.43.